The summed E-state index contributed by atoms with van der Waals surface area (Å²) in [5, 5.41) is 0.192. The van der Waals surface area contributed by atoms with Gasteiger partial charge in [0, 0.05) is 18.6 Å². The Morgan fingerprint density at radius 2 is 2.05 bits per heavy atom. The summed E-state index contributed by atoms with van der Waals surface area (Å²) >= 11 is 5.96. The van der Waals surface area contributed by atoms with E-state index < -0.39 is 0 Å². The van der Waals surface area contributed by atoms with Gasteiger partial charge in [0.15, 0.2) is 0 Å². The van der Waals surface area contributed by atoms with Gasteiger partial charge in [-0.25, -0.2) is 4.79 Å². The monoisotopic (exact) mass is 297 g/mol. The Kier molecular flexibility index (Phi) is 3.73. The van der Waals surface area contributed by atoms with E-state index in [1.54, 1.807) is 0 Å². The van der Waals surface area contributed by atoms with Gasteiger partial charge in [-0.2, -0.15) is 0 Å². The van der Waals surface area contributed by atoms with Gasteiger partial charge in [0.2, 0.25) is 0 Å². The highest BCUT2D eigenvalue weighted by Crippen LogP contribution is 2.31. The molecule has 2 aliphatic rings. The van der Waals surface area contributed by atoms with Gasteiger partial charge in [0.05, 0.1) is 5.56 Å². The predicted octanol–water partition coefficient (Wildman–Crippen LogP) is 1.55. The molecule has 2 saturated heterocycles. The van der Waals surface area contributed by atoms with Gasteiger partial charge in [-0.05, 0) is 38.6 Å². The predicted molar refractivity (Wildman–Crippen MR) is 78.6 cm³/mol. The van der Waals surface area contributed by atoms with Crippen LogP contribution in [-0.4, -0.2) is 33.6 Å². The van der Waals surface area contributed by atoms with Crippen LogP contribution in [0.4, 0.5) is 0 Å². The van der Waals surface area contributed by atoms with Crippen LogP contribution in [-0.2, 0) is 6.42 Å². The Morgan fingerprint density at radius 1 is 1.25 bits per heavy atom. The maximum atomic E-state index is 12.5. The fraction of sp³-hybridized carbons (Fsp3) is 0.714. The molecule has 3 rings (SSSR count). The first-order chi connectivity index (χ1) is 9.61. The highest BCUT2D eigenvalue weighted by Gasteiger charge is 2.33. The lowest BCUT2D eigenvalue weighted by molar-refractivity contribution is 0.151. The topological polar surface area (TPSA) is 58.1 Å². The minimum absolute atomic E-state index is 0.00756. The number of H-pyrrole nitrogens is 1. The number of aromatic amines is 1. The van der Waals surface area contributed by atoms with Crippen molar-refractivity contribution >= 4 is 11.6 Å². The number of rotatable bonds is 2. The first-order valence-electron chi connectivity index (χ1n) is 7.39. The first kappa shape index (κ1) is 13.9. The number of hydrogen-bond donors (Lipinski definition) is 1. The van der Waals surface area contributed by atoms with E-state index in [0.717, 1.165) is 25.9 Å². The molecule has 0 amide bonds. The molecule has 20 heavy (non-hydrogen) atoms. The Hall–Kier alpha value is -1.07. The van der Waals surface area contributed by atoms with Gasteiger partial charge in [-0.3, -0.25) is 14.3 Å². The molecule has 3 heterocycles. The average molecular weight is 298 g/mol. The number of nitrogens with zero attached hydrogens (tertiary/aromatic N) is 2. The Bertz CT molecular complexity index is 622. The summed E-state index contributed by atoms with van der Waals surface area (Å²) in [7, 11) is 0. The molecule has 2 atom stereocenters. The average Bonchev–Trinajstić information content (AvgIpc) is 2.86. The molecular weight excluding hydrogens is 278 g/mol. The SMILES string of the molecule is CCc1c(Cl)[nH]c(=O)n(C2CCN3CCCC3C2)c1=O. The third-order valence-electron chi connectivity index (χ3n) is 4.69. The van der Waals surface area contributed by atoms with Crippen molar-refractivity contribution < 1.29 is 0 Å². The fourth-order valence-corrected chi connectivity index (χ4v) is 3.93. The lowest BCUT2D eigenvalue weighted by atomic mass is 9.97. The number of aromatic nitrogens is 2. The molecule has 6 heteroatoms. The summed E-state index contributed by atoms with van der Waals surface area (Å²) in [6, 6.07) is 0.536. The van der Waals surface area contributed by atoms with Crippen molar-refractivity contribution in [3.63, 3.8) is 0 Å². The van der Waals surface area contributed by atoms with Crippen LogP contribution >= 0.6 is 11.6 Å². The van der Waals surface area contributed by atoms with E-state index in [1.165, 1.54) is 17.4 Å². The van der Waals surface area contributed by atoms with Crippen molar-refractivity contribution in [3.8, 4) is 0 Å². The van der Waals surface area contributed by atoms with Crippen molar-refractivity contribution in [1.29, 1.82) is 0 Å². The molecule has 5 nitrogen and oxygen atoms in total. The van der Waals surface area contributed by atoms with Crippen LogP contribution in [0.3, 0.4) is 0 Å². The largest absolute Gasteiger partial charge is 0.329 e. The Balaban J connectivity index is 1.98. The summed E-state index contributed by atoms with van der Waals surface area (Å²) in [5.41, 5.74) is -0.0635. The molecule has 0 aromatic carbocycles. The first-order valence-corrected chi connectivity index (χ1v) is 7.76. The van der Waals surface area contributed by atoms with E-state index >= 15 is 0 Å². The summed E-state index contributed by atoms with van der Waals surface area (Å²) < 4.78 is 1.40. The van der Waals surface area contributed by atoms with Crippen LogP contribution in [0.1, 0.15) is 44.2 Å². The van der Waals surface area contributed by atoms with Gasteiger partial charge in [-0.15, -0.1) is 0 Å². The van der Waals surface area contributed by atoms with Gasteiger partial charge < -0.3 is 4.90 Å². The maximum Gasteiger partial charge on any atom is 0.329 e. The highest BCUT2D eigenvalue weighted by molar-refractivity contribution is 6.30. The molecule has 2 aliphatic heterocycles. The zero-order chi connectivity index (χ0) is 14.3. The van der Waals surface area contributed by atoms with Gasteiger partial charge in [-0.1, -0.05) is 18.5 Å². The highest BCUT2D eigenvalue weighted by atomic mass is 35.5. The number of fused-ring (bicyclic) bond motifs is 1. The summed E-state index contributed by atoms with van der Waals surface area (Å²) in [6.07, 6.45) is 4.70. The van der Waals surface area contributed by atoms with Crippen LogP contribution in [0.5, 0.6) is 0 Å². The molecule has 1 N–H and O–H groups in total. The third kappa shape index (κ3) is 2.23. The van der Waals surface area contributed by atoms with Gasteiger partial charge in [0.1, 0.15) is 5.15 Å². The van der Waals surface area contributed by atoms with Gasteiger partial charge in [0.25, 0.3) is 5.56 Å². The second kappa shape index (κ2) is 5.37. The van der Waals surface area contributed by atoms with Crippen molar-refractivity contribution in [1.82, 2.24) is 14.5 Å². The van der Waals surface area contributed by atoms with Crippen LogP contribution in [0, 0.1) is 0 Å². The zero-order valence-corrected chi connectivity index (χ0v) is 12.4. The van der Waals surface area contributed by atoms with E-state index in [2.05, 4.69) is 9.88 Å². The van der Waals surface area contributed by atoms with E-state index in [-0.39, 0.29) is 22.4 Å². The normalized spacial score (nSPS) is 26.7. The maximum absolute atomic E-state index is 12.5. The van der Waals surface area contributed by atoms with Crippen LogP contribution in [0.15, 0.2) is 9.59 Å². The molecule has 2 unspecified atom stereocenters. The summed E-state index contributed by atoms with van der Waals surface area (Å²) in [4.78, 5) is 29.7. The molecule has 0 aliphatic carbocycles. The quantitative estimate of drug-likeness (QED) is 0.843. The van der Waals surface area contributed by atoms with Crippen molar-refractivity contribution in [2.24, 2.45) is 0 Å². The number of hydrogen-bond acceptors (Lipinski definition) is 3. The van der Waals surface area contributed by atoms with Crippen LogP contribution in [0.2, 0.25) is 5.15 Å². The number of nitrogens with one attached hydrogen (secondary N) is 1. The summed E-state index contributed by atoms with van der Waals surface area (Å²) in [5.74, 6) is 0. The second-order valence-corrected chi connectivity index (χ2v) is 6.14. The lowest BCUT2D eigenvalue weighted by Gasteiger charge is -2.35. The van der Waals surface area contributed by atoms with Crippen molar-refractivity contribution in [3.05, 3.63) is 31.6 Å². The molecule has 1 aromatic heterocycles. The molecule has 1 aromatic rings. The number of piperidine rings is 1. The third-order valence-corrected chi connectivity index (χ3v) is 5.01. The van der Waals surface area contributed by atoms with E-state index in [0.29, 0.717) is 18.0 Å². The molecule has 0 radical (unpaired) electrons. The zero-order valence-electron chi connectivity index (χ0n) is 11.7. The van der Waals surface area contributed by atoms with Crippen LogP contribution in [0.25, 0.3) is 0 Å². The standard InChI is InChI=1S/C14H20ClN3O2/c1-2-11-12(15)16-14(20)18(13(11)19)10-5-7-17-6-3-4-9(17)8-10/h9-10H,2-8H2,1H3,(H,16,20). The molecule has 0 spiro atoms. The minimum Gasteiger partial charge on any atom is -0.300 e. The molecule has 2 fully saturated rings. The number of halogens is 1. The van der Waals surface area contributed by atoms with E-state index in [1.807, 2.05) is 6.92 Å². The van der Waals surface area contributed by atoms with Crippen molar-refractivity contribution in [2.45, 2.75) is 51.1 Å². The second-order valence-electron chi connectivity index (χ2n) is 5.76. The van der Waals surface area contributed by atoms with E-state index in [9.17, 15) is 9.59 Å². The molecule has 0 saturated carbocycles. The Morgan fingerprint density at radius 3 is 2.80 bits per heavy atom. The fourth-order valence-electron chi connectivity index (χ4n) is 3.64. The molecule has 110 valence electrons. The van der Waals surface area contributed by atoms with Crippen LogP contribution < -0.4 is 11.2 Å². The van der Waals surface area contributed by atoms with E-state index in [4.69, 9.17) is 11.6 Å². The molecule has 0 bridgehead atoms. The lowest BCUT2D eigenvalue weighted by Crippen LogP contribution is -2.46. The van der Waals surface area contributed by atoms with Gasteiger partial charge >= 0.3 is 5.69 Å². The minimum atomic E-state index is -0.367. The summed E-state index contributed by atoms with van der Waals surface area (Å²) in [6.45, 7) is 4.01. The molecular formula is C14H20ClN3O2. The Labute approximate surface area is 122 Å². The smallest absolute Gasteiger partial charge is 0.300 e. The van der Waals surface area contributed by atoms with Crippen molar-refractivity contribution in [2.75, 3.05) is 13.1 Å².